The minimum Gasteiger partial charge on any atom is -0.267 e. The second kappa shape index (κ2) is 5.77. The van der Waals surface area contributed by atoms with Gasteiger partial charge in [0, 0.05) is 4.47 Å². The molecule has 0 atom stereocenters. The van der Waals surface area contributed by atoms with E-state index >= 15 is 0 Å². The van der Waals surface area contributed by atoms with Gasteiger partial charge in [0.05, 0.1) is 5.69 Å². The van der Waals surface area contributed by atoms with Gasteiger partial charge in [-0.3, -0.25) is 15.0 Å². The van der Waals surface area contributed by atoms with Crippen LogP contribution in [0.1, 0.15) is 11.1 Å². The number of aryl methyl sites for hydroxylation is 1. The zero-order chi connectivity index (χ0) is 15.7. The fraction of sp³-hybridized carbons (Fsp3) is 0.0588. The summed E-state index contributed by atoms with van der Waals surface area (Å²) in [5.41, 5.74) is 5.28. The van der Waals surface area contributed by atoms with Crippen LogP contribution in [0.3, 0.4) is 0 Å². The molecule has 2 aromatic carbocycles. The van der Waals surface area contributed by atoms with Gasteiger partial charge in [-0.15, -0.1) is 0 Å². The van der Waals surface area contributed by atoms with Gasteiger partial charge in [-0.1, -0.05) is 45.8 Å². The van der Waals surface area contributed by atoms with Crippen molar-refractivity contribution in [3.63, 3.8) is 0 Å². The Balaban J connectivity index is 1.91. The van der Waals surface area contributed by atoms with Crippen LogP contribution in [-0.4, -0.2) is 11.8 Å². The third-order valence-electron chi connectivity index (χ3n) is 3.36. The number of carbonyl (C=O) groups is 2. The summed E-state index contributed by atoms with van der Waals surface area (Å²) in [6.07, 6.45) is 1.61. The van der Waals surface area contributed by atoms with Gasteiger partial charge in [0.15, 0.2) is 0 Å². The Morgan fingerprint density at radius 3 is 2.27 bits per heavy atom. The molecule has 1 heterocycles. The van der Waals surface area contributed by atoms with Crippen molar-refractivity contribution in [1.29, 1.82) is 0 Å². The molecule has 0 spiro atoms. The summed E-state index contributed by atoms with van der Waals surface area (Å²) in [6, 6.07) is 14.8. The van der Waals surface area contributed by atoms with Gasteiger partial charge < -0.3 is 0 Å². The van der Waals surface area contributed by atoms with Crippen molar-refractivity contribution in [3.8, 4) is 0 Å². The van der Waals surface area contributed by atoms with Crippen LogP contribution in [0.5, 0.6) is 0 Å². The number of hydrogen-bond acceptors (Lipinski definition) is 2. The molecule has 0 saturated carbocycles. The van der Waals surface area contributed by atoms with Gasteiger partial charge in [-0.05, 0) is 42.8 Å². The van der Waals surface area contributed by atoms with Crippen LogP contribution in [0.15, 0.2) is 58.6 Å². The number of hydrogen-bond donors (Lipinski definition) is 1. The first kappa shape index (κ1) is 14.5. The van der Waals surface area contributed by atoms with Crippen LogP contribution < -0.4 is 10.4 Å². The Labute approximate surface area is 136 Å². The maximum absolute atomic E-state index is 12.4. The lowest BCUT2D eigenvalue weighted by Gasteiger charge is -2.14. The second-order valence-electron chi connectivity index (χ2n) is 5.03. The Morgan fingerprint density at radius 2 is 1.64 bits per heavy atom. The SMILES string of the molecule is Cc1ccc(/C=C2/C(=O)NN(c3ccc(Br)cc3)C2=O)cc1. The van der Waals surface area contributed by atoms with Crippen molar-refractivity contribution in [3.05, 3.63) is 69.7 Å². The number of nitrogens with one attached hydrogen (secondary N) is 1. The van der Waals surface area contributed by atoms with Crippen molar-refractivity contribution < 1.29 is 9.59 Å². The second-order valence-corrected chi connectivity index (χ2v) is 5.94. The fourth-order valence-corrected chi connectivity index (χ4v) is 2.42. The number of benzene rings is 2. The van der Waals surface area contributed by atoms with Crippen LogP contribution in [0.4, 0.5) is 5.69 Å². The molecule has 1 N–H and O–H groups in total. The van der Waals surface area contributed by atoms with E-state index in [9.17, 15) is 9.59 Å². The molecule has 1 aliphatic rings. The van der Waals surface area contributed by atoms with Crippen LogP contribution in [0.2, 0.25) is 0 Å². The molecule has 4 nitrogen and oxygen atoms in total. The van der Waals surface area contributed by atoms with E-state index in [1.807, 2.05) is 43.3 Å². The van der Waals surface area contributed by atoms with Crippen LogP contribution in [0.25, 0.3) is 6.08 Å². The fourth-order valence-electron chi connectivity index (χ4n) is 2.16. The quantitative estimate of drug-likeness (QED) is 0.663. The summed E-state index contributed by atoms with van der Waals surface area (Å²) in [7, 11) is 0. The Morgan fingerprint density at radius 1 is 1.00 bits per heavy atom. The maximum atomic E-state index is 12.4. The van der Waals surface area contributed by atoms with E-state index in [2.05, 4.69) is 21.4 Å². The minimum absolute atomic E-state index is 0.131. The molecular formula is C17H13BrN2O2. The molecule has 2 amide bonds. The van der Waals surface area contributed by atoms with Gasteiger partial charge in [-0.2, -0.15) is 0 Å². The lowest BCUT2D eigenvalue weighted by atomic mass is 10.1. The third-order valence-corrected chi connectivity index (χ3v) is 3.89. The van der Waals surface area contributed by atoms with E-state index in [0.29, 0.717) is 5.69 Å². The van der Waals surface area contributed by atoms with E-state index in [-0.39, 0.29) is 11.5 Å². The number of rotatable bonds is 2. The van der Waals surface area contributed by atoms with E-state index in [4.69, 9.17) is 0 Å². The normalized spacial score (nSPS) is 16.3. The monoisotopic (exact) mass is 356 g/mol. The number of anilines is 1. The first-order chi connectivity index (χ1) is 10.5. The molecule has 22 heavy (non-hydrogen) atoms. The highest BCUT2D eigenvalue weighted by Crippen LogP contribution is 2.23. The van der Waals surface area contributed by atoms with Crippen LogP contribution >= 0.6 is 15.9 Å². The highest BCUT2D eigenvalue weighted by atomic mass is 79.9. The van der Waals surface area contributed by atoms with Gasteiger partial charge >= 0.3 is 0 Å². The Hall–Kier alpha value is -2.40. The number of halogens is 1. The molecule has 0 bridgehead atoms. The average molecular weight is 357 g/mol. The summed E-state index contributed by atoms with van der Waals surface area (Å²) < 4.78 is 0.907. The van der Waals surface area contributed by atoms with E-state index in [1.54, 1.807) is 18.2 Å². The highest BCUT2D eigenvalue weighted by molar-refractivity contribution is 9.10. The lowest BCUT2D eigenvalue weighted by molar-refractivity contribution is -0.117. The molecular weight excluding hydrogens is 344 g/mol. The van der Waals surface area contributed by atoms with E-state index < -0.39 is 5.91 Å². The van der Waals surface area contributed by atoms with Crippen molar-refractivity contribution in [2.24, 2.45) is 0 Å². The molecule has 0 aliphatic carbocycles. The average Bonchev–Trinajstić information content (AvgIpc) is 2.78. The summed E-state index contributed by atoms with van der Waals surface area (Å²) >= 11 is 3.34. The molecule has 1 saturated heterocycles. The smallest absolute Gasteiger partial charge is 0.267 e. The molecule has 2 aromatic rings. The number of amides is 2. The van der Waals surface area contributed by atoms with Crippen LogP contribution in [-0.2, 0) is 9.59 Å². The van der Waals surface area contributed by atoms with Crippen molar-refractivity contribution in [1.82, 2.24) is 5.43 Å². The van der Waals surface area contributed by atoms with Gasteiger partial charge in [0.1, 0.15) is 5.57 Å². The predicted octanol–water partition coefficient (Wildman–Crippen LogP) is 3.22. The zero-order valence-electron chi connectivity index (χ0n) is 11.8. The standard InChI is InChI=1S/C17H13BrN2O2/c1-11-2-4-12(5-3-11)10-15-16(21)19-20(17(15)22)14-8-6-13(18)7-9-14/h2-10H,1H3,(H,19,21)/b15-10-. The van der Waals surface area contributed by atoms with E-state index in [0.717, 1.165) is 15.6 Å². The van der Waals surface area contributed by atoms with Crippen molar-refractivity contribution in [2.45, 2.75) is 6.92 Å². The summed E-state index contributed by atoms with van der Waals surface area (Å²) in [5.74, 6) is -0.749. The summed E-state index contributed by atoms with van der Waals surface area (Å²) in [4.78, 5) is 24.5. The molecule has 0 radical (unpaired) electrons. The minimum atomic E-state index is -0.395. The molecule has 5 heteroatoms. The van der Waals surface area contributed by atoms with Gasteiger partial charge in [-0.25, -0.2) is 5.01 Å². The van der Waals surface area contributed by atoms with Crippen LogP contribution in [0, 0.1) is 6.92 Å². The molecule has 0 aromatic heterocycles. The first-order valence-corrected chi connectivity index (χ1v) is 7.53. The number of nitrogens with zero attached hydrogens (tertiary/aromatic N) is 1. The summed E-state index contributed by atoms with van der Waals surface area (Å²) in [5, 5.41) is 1.26. The highest BCUT2D eigenvalue weighted by Gasteiger charge is 2.34. The molecule has 110 valence electrons. The van der Waals surface area contributed by atoms with Gasteiger partial charge in [0.2, 0.25) is 0 Å². The number of hydrazine groups is 1. The number of carbonyl (C=O) groups excluding carboxylic acids is 2. The van der Waals surface area contributed by atoms with Crippen molar-refractivity contribution in [2.75, 3.05) is 5.01 Å². The van der Waals surface area contributed by atoms with E-state index in [1.165, 1.54) is 5.01 Å². The third kappa shape index (κ3) is 2.80. The zero-order valence-corrected chi connectivity index (χ0v) is 13.4. The first-order valence-electron chi connectivity index (χ1n) is 6.74. The maximum Gasteiger partial charge on any atom is 0.282 e. The topological polar surface area (TPSA) is 49.4 Å². The van der Waals surface area contributed by atoms with Gasteiger partial charge in [0.25, 0.3) is 11.8 Å². The lowest BCUT2D eigenvalue weighted by Crippen LogP contribution is -2.35. The molecule has 0 unspecified atom stereocenters. The molecule has 1 aliphatic heterocycles. The summed E-state index contributed by atoms with van der Waals surface area (Å²) in [6.45, 7) is 1.99. The molecule has 3 rings (SSSR count). The molecule has 1 fully saturated rings. The largest absolute Gasteiger partial charge is 0.282 e. The predicted molar refractivity (Wildman–Crippen MR) is 88.9 cm³/mol. The Bertz CT molecular complexity index is 764. The Kier molecular flexibility index (Phi) is 3.81. The van der Waals surface area contributed by atoms with Crippen molar-refractivity contribution >= 4 is 39.5 Å².